The molecular formula is C13H13N3O2S. The fourth-order valence-electron chi connectivity index (χ4n) is 1.72. The van der Waals surface area contributed by atoms with Gasteiger partial charge in [-0.05, 0) is 31.5 Å². The van der Waals surface area contributed by atoms with E-state index in [2.05, 4.69) is 10.3 Å². The first-order valence-corrected chi connectivity index (χ1v) is 6.50. The molecule has 98 valence electrons. The minimum Gasteiger partial charge on any atom is -0.366 e. The van der Waals surface area contributed by atoms with Crippen LogP contribution in [0, 0.1) is 13.8 Å². The normalized spacial score (nSPS) is 10.2. The molecule has 5 nitrogen and oxygen atoms in total. The van der Waals surface area contributed by atoms with E-state index in [0.717, 1.165) is 5.69 Å². The van der Waals surface area contributed by atoms with Gasteiger partial charge in [0.15, 0.2) is 5.13 Å². The summed E-state index contributed by atoms with van der Waals surface area (Å²) in [6.45, 7) is 3.55. The minimum absolute atomic E-state index is 0.296. The van der Waals surface area contributed by atoms with Gasteiger partial charge in [0.25, 0.3) is 5.91 Å². The first-order chi connectivity index (χ1) is 8.99. The van der Waals surface area contributed by atoms with E-state index in [1.54, 1.807) is 25.1 Å². The summed E-state index contributed by atoms with van der Waals surface area (Å²) < 4.78 is 0. The minimum atomic E-state index is -0.544. The van der Waals surface area contributed by atoms with Crippen LogP contribution in [0.5, 0.6) is 0 Å². The molecule has 0 unspecified atom stereocenters. The molecule has 0 atom stereocenters. The average molecular weight is 275 g/mol. The van der Waals surface area contributed by atoms with Gasteiger partial charge in [0.2, 0.25) is 5.91 Å². The predicted molar refractivity (Wildman–Crippen MR) is 74.5 cm³/mol. The van der Waals surface area contributed by atoms with E-state index in [1.807, 2.05) is 12.3 Å². The second kappa shape index (κ2) is 5.19. The summed E-state index contributed by atoms with van der Waals surface area (Å²) in [6.07, 6.45) is 0. The van der Waals surface area contributed by atoms with Crippen molar-refractivity contribution in [3.05, 3.63) is 46.0 Å². The highest BCUT2D eigenvalue weighted by Crippen LogP contribution is 2.18. The van der Waals surface area contributed by atoms with E-state index >= 15 is 0 Å². The number of carbonyl (C=O) groups is 2. The van der Waals surface area contributed by atoms with Crippen molar-refractivity contribution in [2.24, 2.45) is 5.73 Å². The van der Waals surface area contributed by atoms with Crippen LogP contribution in [0.15, 0.2) is 23.6 Å². The summed E-state index contributed by atoms with van der Waals surface area (Å²) in [6, 6.07) is 4.88. The van der Waals surface area contributed by atoms with Crippen molar-refractivity contribution in [2.75, 3.05) is 5.32 Å². The molecule has 6 heteroatoms. The van der Waals surface area contributed by atoms with E-state index in [1.165, 1.54) is 11.3 Å². The maximum atomic E-state index is 12.1. The molecule has 0 saturated heterocycles. The highest BCUT2D eigenvalue weighted by Gasteiger charge is 2.15. The number of hydrogen-bond acceptors (Lipinski definition) is 4. The van der Waals surface area contributed by atoms with Crippen LogP contribution in [0.3, 0.4) is 0 Å². The largest absolute Gasteiger partial charge is 0.366 e. The smallest absolute Gasteiger partial charge is 0.257 e. The number of benzene rings is 1. The summed E-state index contributed by atoms with van der Waals surface area (Å²) in [4.78, 5) is 27.5. The van der Waals surface area contributed by atoms with Crippen LogP contribution in [0.2, 0.25) is 0 Å². The average Bonchev–Trinajstić information content (AvgIpc) is 2.74. The number of thiazole rings is 1. The highest BCUT2D eigenvalue weighted by atomic mass is 32.1. The van der Waals surface area contributed by atoms with Crippen LogP contribution >= 0.6 is 11.3 Å². The molecule has 0 aliphatic heterocycles. The lowest BCUT2D eigenvalue weighted by atomic mass is 10.0. The molecule has 19 heavy (non-hydrogen) atoms. The molecule has 0 bridgehead atoms. The van der Waals surface area contributed by atoms with Crippen LogP contribution in [-0.2, 0) is 0 Å². The third-order valence-corrected chi connectivity index (χ3v) is 3.56. The Bertz CT molecular complexity index is 649. The molecule has 0 radical (unpaired) electrons. The second-order valence-electron chi connectivity index (χ2n) is 4.09. The number of primary amides is 1. The Kier molecular flexibility index (Phi) is 3.62. The van der Waals surface area contributed by atoms with Crippen molar-refractivity contribution in [1.82, 2.24) is 4.98 Å². The number of amides is 2. The van der Waals surface area contributed by atoms with Crippen LogP contribution in [-0.4, -0.2) is 16.8 Å². The van der Waals surface area contributed by atoms with Crippen molar-refractivity contribution < 1.29 is 9.59 Å². The zero-order valence-electron chi connectivity index (χ0n) is 10.6. The maximum Gasteiger partial charge on any atom is 0.257 e. The standard InChI is InChI=1S/C13H13N3O2S/c1-7-6-19-13(15-7)16-12(18)10-5-3-4-9(8(10)2)11(14)17/h3-6H,1-2H3,(H2,14,17)(H,15,16,18). The lowest BCUT2D eigenvalue weighted by Crippen LogP contribution is -2.18. The topological polar surface area (TPSA) is 85.1 Å². The number of aromatic nitrogens is 1. The Morgan fingerprint density at radius 1 is 1.26 bits per heavy atom. The number of carbonyl (C=O) groups excluding carboxylic acids is 2. The fraction of sp³-hybridized carbons (Fsp3) is 0.154. The number of nitrogens with zero attached hydrogens (tertiary/aromatic N) is 1. The number of hydrogen-bond donors (Lipinski definition) is 2. The molecule has 2 amide bonds. The third-order valence-electron chi connectivity index (χ3n) is 2.68. The van der Waals surface area contributed by atoms with Crippen LogP contribution in [0.25, 0.3) is 0 Å². The summed E-state index contributed by atoms with van der Waals surface area (Å²) in [5.41, 5.74) is 7.45. The first-order valence-electron chi connectivity index (χ1n) is 5.62. The van der Waals surface area contributed by atoms with Crippen molar-refractivity contribution in [1.29, 1.82) is 0 Å². The lowest BCUT2D eigenvalue weighted by molar-refractivity contribution is 0.0999. The van der Waals surface area contributed by atoms with E-state index < -0.39 is 5.91 Å². The second-order valence-corrected chi connectivity index (χ2v) is 4.95. The molecule has 1 heterocycles. The molecule has 0 aliphatic carbocycles. The molecule has 0 fully saturated rings. The van der Waals surface area contributed by atoms with Gasteiger partial charge in [-0.2, -0.15) is 0 Å². The molecule has 2 rings (SSSR count). The van der Waals surface area contributed by atoms with Crippen molar-refractivity contribution in [3.63, 3.8) is 0 Å². The third kappa shape index (κ3) is 2.79. The monoisotopic (exact) mass is 275 g/mol. The van der Waals surface area contributed by atoms with Crippen molar-refractivity contribution in [2.45, 2.75) is 13.8 Å². The maximum absolute atomic E-state index is 12.1. The van der Waals surface area contributed by atoms with Gasteiger partial charge in [-0.15, -0.1) is 11.3 Å². The van der Waals surface area contributed by atoms with Gasteiger partial charge in [0.1, 0.15) is 0 Å². The van der Waals surface area contributed by atoms with E-state index in [0.29, 0.717) is 21.8 Å². The van der Waals surface area contributed by atoms with Crippen molar-refractivity contribution >= 4 is 28.3 Å². The van der Waals surface area contributed by atoms with Crippen LogP contribution in [0.4, 0.5) is 5.13 Å². The van der Waals surface area contributed by atoms with Gasteiger partial charge >= 0.3 is 0 Å². The highest BCUT2D eigenvalue weighted by molar-refractivity contribution is 7.13. The van der Waals surface area contributed by atoms with E-state index in [9.17, 15) is 9.59 Å². The SMILES string of the molecule is Cc1csc(NC(=O)c2cccc(C(N)=O)c2C)n1. The Balaban J connectivity index is 2.29. The Morgan fingerprint density at radius 3 is 2.53 bits per heavy atom. The van der Waals surface area contributed by atoms with E-state index in [4.69, 9.17) is 5.73 Å². The Labute approximate surface area is 114 Å². The number of nitrogens with one attached hydrogen (secondary N) is 1. The number of nitrogens with two attached hydrogens (primary N) is 1. The number of aryl methyl sites for hydroxylation is 1. The number of anilines is 1. The quantitative estimate of drug-likeness (QED) is 0.899. The van der Waals surface area contributed by atoms with Crippen LogP contribution < -0.4 is 11.1 Å². The molecule has 0 saturated carbocycles. The van der Waals surface area contributed by atoms with Gasteiger partial charge < -0.3 is 5.73 Å². The molecular weight excluding hydrogens is 262 g/mol. The fourth-order valence-corrected chi connectivity index (χ4v) is 2.41. The molecule has 0 aliphatic rings. The van der Waals surface area contributed by atoms with E-state index in [-0.39, 0.29) is 5.91 Å². The van der Waals surface area contributed by atoms with Gasteiger partial charge in [-0.1, -0.05) is 6.07 Å². The van der Waals surface area contributed by atoms with Gasteiger partial charge in [-0.25, -0.2) is 4.98 Å². The molecule has 1 aromatic carbocycles. The molecule has 1 aromatic heterocycles. The van der Waals surface area contributed by atoms with Crippen molar-refractivity contribution in [3.8, 4) is 0 Å². The Morgan fingerprint density at radius 2 is 1.95 bits per heavy atom. The first kappa shape index (κ1) is 13.2. The predicted octanol–water partition coefficient (Wildman–Crippen LogP) is 2.11. The number of rotatable bonds is 3. The molecule has 3 N–H and O–H groups in total. The zero-order valence-corrected chi connectivity index (χ0v) is 11.4. The summed E-state index contributed by atoms with van der Waals surface area (Å²) in [5, 5.41) is 5.09. The van der Waals surface area contributed by atoms with Gasteiger partial charge in [0.05, 0.1) is 5.69 Å². The molecule has 2 aromatic rings. The van der Waals surface area contributed by atoms with Gasteiger partial charge in [-0.3, -0.25) is 14.9 Å². The summed E-state index contributed by atoms with van der Waals surface area (Å²) >= 11 is 1.35. The zero-order chi connectivity index (χ0) is 14.0. The lowest BCUT2D eigenvalue weighted by Gasteiger charge is -2.08. The van der Waals surface area contributed by atoms with Gasteiger partial charge in [0, 0.05) is 16.5 Å². The summed E-state index contributed by atoms with van der Waals surface area (Å²) in [5.74, 6) is -0.841. The van der Waals surface area contributed by atoms with Crippen LogP contribution in [0.1, 0.15) is 32.0 Å². The Hall–Kier alpha value is -2.21. The molecule has 0 spiro atoms. The summed E-state index contributed by atoms with van der Waals surface area (Å²) in [7, 11) is 0.